The van der Waals surface area contributed by atoms with Gasteiger partial charge in [-0.15, -0.1) is 13.2 Å². The molecule has 0 amide bonds. The smallest absolute Gasteiger partial charge is 0.352 e. The van der Waals surface area contributed by atoms with Crippen LogP contribution >= 0.6 is 0 Å². The first-order valence-corrected chi connectivity index (χ1v) is 20.4. The van der Waals surface area contributed by atoms with Gasteiger partial charge in [0.1, 0.15) is 0 Å². The van der Waals surface area contributed by atoms with Crippen LogP contribution in [0.5, 0.6) is 0 Å². The van der Waals surface area contributed by atoms with E-state index in [4.69, 9.17) is 13.0 Å². The summed E-state index contributed by atoms with van der Waals surface area (Å²) in [7, 11) is -4.95. The predicted octanol–water partition coefficient (Wildman–Crippen LogP) is 10.9. The summed E-state index contributed by atoms with van der Waals surface area (Å²) in [6.07, 6.45) is 27.0. The Morgan fingerprint density at radius 2 is 0.972 bits per heavy atom. The summed E-state index contributed by atoms with van der Waals surface area (Å²) in [6.45, 7) is 19.7. The van der Waals surface area contributed by atoms with Gasteiger partial charge in [-0.3, -0.25) is 0 Å². The van der Waals surface area contributed by atoms with E-state index in [1.165, 1.54) is 116 Å². The molecular formula is C31H64O3Si2. The zero-order valence-corrected chi connectivity index (χ0v) is 27.2. The molecule has 0 saturated heterocycles. The number of unbranched alkanes of at least 4 members (excludes halogenated alkanes) is 17. The van der Waals surface area contributed by atoms with Crippen LogP contribution < -0.4 is 0 Å². The Morgan fingerprint density at radius 1 is 0.583 bits per heavy atom. The van der Waals surface area contributed by atoms with Crippen LogP contribution in [0.3, 0.4) is 0 Å². The molecule has 0 N–H and O–H groups in total. The molecule has 5 heteroatoms. The molecule has 0 aromatic rings. The highest BCUT2D eigenvalue weighted by molar-refractivity contribution is 6.84. The second-order valence-electron chi connectivity index (χ2n) is 11.1. The van der Waals surface area contributed by atoms with Crippen molar-refractivity contribution in [3.05, 3.63) is 24.6 Å². The lowest BCUT2D eigenvalue weighted by Gasteiger charge is -2.35. The van der Waals surface area contributed by atoms with Gasteiger partial charge >= 0.3 is 17.1 Å². The molecule has 36 heavy (non-hydrogen) atoms. The highest BCUT2D eigenvalue weighted by Crippen LogP contribution is 2.22. The number of rotatable bonds is 28. The quantitative estimate of drug-likeness (QED) is 0.0729. The lowest BCUT2D eigenvalue weighted by molar-refractivity contribution is 0.147. The highest BCUT2D eigenvalue weighted by atomic mass is 28.5. The van der Waals surface area contributed by atoms with Gasteiger partial charge in [0.2, 0.25) is 0 Å². The lowest BCUT2D eigenvalue weighted by Crippen LogP contribution is -2.51. The standard InChI is InChI=1S/C31H64O3Si2/c1-8-12-14-15-16-17-18-19-20-21-22-23-24-25-26-28-30-32-35(6,10-3)34-36(7,11-4)33-31(5)29-27-13-9-2/h10-11,31H,3-4,8-9,12-30H2,1-2,5-7H3. The second-order valence-corrected chi connectivity index (χ2v) is 17.3. The Labute approximate surface area is 229 Å². The molecule has 0 fully saturated rings. The van der Waals surface area contributed by atoms with Gasteiger partial charge in [-0.25, -0.2) is 0 Å². The summed E-state index contributed by atoms with van der Waals surface area (Å²) < 4.78 is 19.2. The van der Waals surface area contributed by atoms with E-state index in [2.05, 4.69) is 47.0 Å². The van der Waals surface area contributed by atoms with Crippen LogP contribution in [0.1, 0.15) is 149 Å². The first-order chi connectivity index (χ1) is 17.3. The predicted molar refractivity (Wildman–Crippen MR) is 165 cm³/mol. The minimum Gasteiger partial charge on any atom is -0.409 e. The minimum atomic E-state index is -2.49. The highest BCUT2D eigenvalue weighted by Gasteiger charge is 2.40. The normalized spacial score (nSPS) is 15.8. The fraction of sp³-hybridized carbons (Fsp3) is 0.871. The van der Waals surface area contributed by atoms with Crippen molar-refractivity contribution in [1.82, 2.24) is 0 Å². The fourth-order valence-corrected chi connectivity index (χ4v) is 10.7. The summed E-state index contributed by atoms with van der Waals surface area (Å²) in [5, 5.41) is 0. The molecule has 0 heterocycles. The Bertz CT molecular complexity index is 516. The molecule has 0 aromatic carbocycles. The largest absolute Gasteiger partial charge is 0.409 e. The van der Waals surface area contributed by atoms with E-state index in [-0.39, 0.29) is 6.10 Å². The molecule has 0 spiro atoms. The zero-order valence-electron chi connectivity index (χ0n) is 25.2. The van der Waals surface area contributed by atoms with Gasteiger partial charge in [-0.1, -0.05) is 141 Å². The van der Waals surface area contributed by atoms with E-state index in [0.717, 1.165) is 19.4 Å². The van der Waals surface area contributed by atoms with Gasteiger partial charge in [0.15, 0.2) is 0 Å². The molecule has 214 valence electrons. The lowest BCUT2D eigenvalue weighted by atomic mass is 10.0. The van der Waals surface area contributed by atoms with Crippen LogP contribution in [0.4, 0.5) is 0 Å². The summed E-state index contributed by atoms with van der Waals surface area (Å²) >= 11 is 0. The number of hydrogen-bond acceptors (Lipinski definition) is 3. The van der Waals surface area contributed by atoms with E-state index in [1.54, 1.807) is 0 Å². The Kier molecular flexibility index (Phi) is 23.7. The zero-order chi connectivity index (χ0) is 27.0. The number of hydrogen-bond donors (Lipinski definition) is 0. The summed E-state index contributed by atoms with van der Waals surface area (Å²) in [6, 6.07) is 0. The SMILES string of the molecule is C=C[Si](C)(OCCCCCCCCCCCCCCCCCC)O[Si](C)(C=C)OC(C)CCCCC. The maximum Gasteiger partial charge on any atom is 0.352 e. The monoisotopic (exact) mass is 540 g/mol. The van der Waals surface area contributed by atoms with Crippen LogP contribution in [0.15, 0.2) is 24.6 Å². The maximum atomic E-state index is 6.53. The molecule has 0 aliphatic carbocycles. The molecular weight excluding hydrogens is 477 g/mol. The van der Waals surface area contributed by atoms with Crippen LogP contribution in [0.25, 0.3) is 0 Å². The fourth-order valence-electron chi connectivity index (χ4n) is 4.71. The molecule has 3 nitrogen and oxygen atoms in total. The topological polar surface area (TPSA) is 27.7 Å². The summed E-state index contributed by atoms with van der Waals surface area (Å²) in [5.74, 6) is 0. The Balaban J connectivity index is 3.85. The third kappa shape index (κ3) is 20.8. The van der Waals surface area contributed by atoms with Gasteiger partial charge in [-0.05, 0) is 32.9 Å². The molecule has 3 atom stereocenters. The van der Waals surface area contributed by atoms with Gasteiger partial charge in [0, 0.05) is 12.7 Å². The van der Waals surface area contributed by atoms with Gasteiger partial charge < -0.3 is 13.0 Å². The van der Waals surface area contributed by atoms with Gasteiger partial charge in [0.05, 0.1) is 0 Å². The van der Waals surface area contributed by atoms with E-state index in [0.29, 0.717) is 0 Å². The molecule has 0 bridgehead atoms. The Hall–Kier alpha value is -0.206. The molecule has 0 saturated carbocycles. The average Bonchev–Trinajstić information content (AvgIpc) is 2.86. The maximum absolute atomic E-state index is 6.53. The first-order valence-electron chi connectivity index (χ1n) is 15.6. The van der Waals surface area contributed by atoms with Crippen molar-refractivity contribution >= 4 is 17.1 Å². The molecule has 0 aliphatic rings. The Morgan fingerprint density at radius 3 is 1.39 bits per heavy atom. The van der Waals surface area contributed by atoms with Crippen LogP contribution in [-0.2, 0) is 13.0 Å². The third-order valence-electron chi connectivity index (χ3n) is 7.18. The summed E-state index contributed by atoms with van der Waals surface area (Å²) in [5.41, 5.74) is 3.80. The van der Waals surface area contributed by atoms with Crippen molar-refractivity contribution in [1.29, 1.82) is 0 Å². The van der Waals surface area contributed by atoms with Gasteiger partial charge in [0.25, 0.3) is 0 Å². The molecule has 0 radical (unpaired) electrons. The molecule has 3 unspecified atom stereocenters. The molecule has 0 aliphatic heterocycles. The van der Waals surface area contributed by atoms with Crippen molar-refractivity contribution in [2.75, 3.05) is 6.61 Å². The van der Waals surface area contributed by atoms with Crippen molar-refractivity contribution in [3.63, 3.8) is 0 Å². The third-order valence-corrected chi connectivity index (χ3v) is 13.6. The van der Waals surface area contributed by atoms with E-state index in [9.17, 15) is 0 Å². The van der Waals surface area contributed by atoms with Crippen LogP contribution in [-0.4, -0.2) is 29.8 Å². The molecule has 0 aromatic heterocycles. The van der Waals surface area contributed by atoms with Crippen molar-refractivity contribution in [2.24, 2.45) is 0 Å². The van der Waals surface area contributed by atoms with E-state index in [1.807, 2.05) is 11.4 Å². The van der Waals surface area contributed by atoms with E-state index < -0.39 is 17.1 Å². The van der Waals surface area contributed by atoms with Crippen molar-refractivity contribution in [3.8, 4) is 0 Å². The van der Waals surface area contributed by atoms with Gasteiger partial charge in [-0.2, -0.15) is 0 Å². The average molecular weight is 541 g/mol. The first kappa shape index (κ1) is 35.8. The van der Waals surface area contributed by atoms with E-state index >= 15 is 0 Å². The summed E-state index contributed by atoms with van der Waals surface area (Å²) in [4.78, 5) is 0. The second kappa shape index (κ2) is 23.9. The van der Waals surface area contributed by atoms with Crippen molar-refractivity contribution in [2.45, 2.75) is 168 Å². The van der Waals surface area contributed by atoms with Crippen LogP contribution in [0.2, 0.25) is 13.1 Å². The molecule has 0 rings (SSSR count). The van der Waals surface area contributed by atoms with Crippen molar-refractivity contribution < 1.29 is 13.0 Å². The minimum absolute atomic E-state index is 0.189. The van der Waals surface area contributed by atoms with Crippen LogP contribution in [0, 0.1) is 0 Å².